The number of amides is 2. The zero-order chi connectivity index (χ0) is 18.3. The summed E-state index contributed by atoms with van der Waals surface area (Å²) in [5.41, 5.74) is 7.59. The topological polar surface area (TPSA) is 94.1 Å². The summed E-state index contributed by atoms with van der Waals surface area (Å²) in [5, 5.41) is 5.17. The van der Waals surface area contributed by atoms with Gasteiger partial charge in [-0.2, -0.15) is 5.10 Å². The number of carbonyl (C=O) groups excluding carboxylic acids is 2. The molecule has 2 amide bonds. The Morgan fingerprint density at radius 1 is 1.28 bits per heavy atom. The fourth-order valence-electron chi connectivity index (χ4n) is 3.24. The van der Waals surface area contributed by atoms with Crippen LogP contribution < -0.4 is 5.73 Å². The normalized spacial score (nSPS) is 17.8. The second-order valence-corrected chi connectivity index (χ2v) is 7.31. The molecule has 25 heavy (non-hydrogen) atoms. The molecule has 1 saturated heterocycles. The molecule has 3 heterocycles. The van der Waals surface area contributed by atoms with Crippen molar-refractivity contribution < 1.29 is 9.59 Å². The van der Waals surface area contributed by atoms with Gasteiger partial charge in [-0.3, -0.25) is 9.59 Å². The SMILES string of the molecule is CC(C)c1cc(C(=O)N2CCC(C(N)=O)C2)c2cnn(C(C)C)c2n1. The smallest absolute Gasteiger partial charge is 0.254 e. The average Bonchev–Trinajstić information content (AvgIpc) is 3.20. The van der Waals surface area contributed by atoms with Crippen molar-refractivity contribution in [2.24, 2.45) is 11.7 Å². The summed E-state index contributed by atoms with van der Waals surface area (Å²) in [4.78, 5) is 30.9. The van der Waals surface area contributed by atoms with Crippen molar-refractivity contribution in [3.05, 3.63) is 23.5 Å². The predicted molar refractivity (Wildman–Crippen MR) is 95.2 cm³/mol. The van der Waals surface area contributed by atoms with E-state index in [2.05, 4.69) is 18.9 Å². The number of rotatable bonds is 4. The van der Waals surface area contributed by atoms with E-state index in [1.54, 1.807) is 11.1 Å². The van der Waals surface area contributed by atoms with Crippen LogP contribution in [-0.2, 0) is 4.79 Å². The van der Waals surface area contributed by atoms with Crippen molar-refractivity contribution in [3.8, 4) is 0 Å². The van der Waals surface area contributed by atoms with Gasteiger partial charge in [0.2, 0.25) is 5.91 Å². The fourth-order valence-corrected chi connectivity index (χ4v) is 3.24. The highest BCUT2D eigenvalue weighted by Crippen LogP contribution is 2.27. The Bertz CT molecular complexity index is 824. The Morgan fingerprint density at radius 2 is 2.00 bits per heavy atom. The van der Waals surface area contributed by atoms with Gasteiger partial charge in [-0.1, -0.05) is 13.8 Å². The van der Waals surface area contributed by atoms with E-state index in [0.29, 0.717) is 25.1 Å². The first-order chi connectivity index (χ1) is 11.8. The summed E-state index contributed by atoms with van der Waals surface area (Å²) in [6.45, 7) is 9.11. The molecular formula is C18H25N5O2. The van der Waals surface area contributed by atoms with Gasteiger partial charge in [0.1, 0.15) is 0 Å². The van der Waals surface area contributed by atoms with Crippen LogP contribution in [0.25, 0.3) is 11.0 Å². The first-order valence-corrected chi connectivity index (χ1v) is 8.76. The number of hydrogen-bond acceptors (Lipinski definition) is 4. The van der Waals surface area contributed by atoms with E-state index in [9.17, 15) is 9.59 Å². The highest BCUT2D eigenvalue weighted by Gasteiger charge is 2.31. The standard InChI is InChI=1S/C18H25N5O2/c1-10(2)15-7-13(14-8-20-23(11(3)4)17(14)21-15)18(25)22-6-5-12(9-22)16(19)24/h7-8,10-12H,5-6,9H2,1-4H3,(H2,19,24). The number of carbonyl (C=O) groups is 2. The molecule has 134 valence electrons. The highest BCUT2D eigenvalue weighted by atomic mass is 16.2. The molecule has 1 aliphatic rings. The maximum atomic E-state index is 13.1. The second kappa shape index (κ2) is 6.46. The Hall–Kier alpha value is -2.44. The van der Waals surface area contributed by atoms with Crippen LogP contribution in [0.1, 0.15) is 62.1 Å². The zero-order valence-electron chi connectivity index (χ0n) is 15.2. The molecule has 0 radical (unpaired) electrons. The lowest BCUT2D eigenvalue weighted by atomic mass is 10.0. The van der Waals surface area contributed by atoms with E-state index in [0.717, 1.165) is 16.7 Å². The van der Waals surface area contributed by atoms with E-state index in [-0.39, 0.29) is 29.7 Å². The van der Waals surface area contributed by atoms with Gasteiger partial charge < -0.3 is 10.6 Å². The molecule has 1 aliphatic heterocycles. The van der Waals surface area contributed by atoms with Crippen molar-refractivity contribution in [2.45, 2.75) is 46.1 Å². The monoisotopic (exact) mass is 343 g/mol. The van der Waals surface area contributed by atoms with Crippen molar-refractivity contribution in [3.63, 3.8) is 0 Å². The Morgan fingerprint density at radius 3 is 2.56 bits per heavy atom. The lowest BCUT2D eigenvalue weighted by molar-refractivity contribution is -0.121. The zero-order valence-corrected chi connectivity index (χ0v) is 15.2. The number of pyridine rings is 1. The number of nitrogens with two attached hydrogens (primary N) is 1. The Balaban J connectivity index is 2.05. The summed E-state index contributed by atoms with van der Waals surface area (Å²) in [5.74, 6) is -0.486. The van der Waals surface area contributed by atoms with Gasteiger partial charge in [0.25, 0.3) is 5.91 Å². The average molecular weight is 343 g/mol. The minimum Gasteiger partial charge on any atom is -0.369 e. The number of fused-ring (bicyclic) bond motifs is 1. The lowest BCUT2D eigenvalue weighted by Crippen LogP contribution is -2.32. The number of aromatic nitrogens is 3. The van der Waals surface area contributed by atoms with Gasteiger partial charge in [0.05, 0.1) is 23.1 Å². The summed E-state index contributed by atoms with van der Waals surface area (Å²) in [6, 6.07) is 2.01. The van der Waals surface area contributed by atoms with Crippen LogP contribution in [0.2, 0.25) is 0 Å². The third kappa shape index (κ3) is 3.10. The highest BCUT2D eigenvalue weighted by molar-refractivity contribution is 6.05. The van der Waals surface area contributed by atoms with Crippen molar-refractivity contribution in [1.29, 1.82) is 0 Å². The molecule has 2 aromatic rings. The molecule has 2 aromatic heterocycles. The molecule has 0 aromatic carbocycles. The van der Waals surface area contributed by atoms with Crippen LogP contribution in [0.3, 0.4) is 0 Å². The number of likely N-dealkylation sites (tertiary alicyclic amines) is 1. The van der Waals surface area contributed by atoms with Crippen molar-refractivity contribution >= 4 is 22.8 Å². The molecule has 0 aliphatic carbocycles. The maximum Gasteiger partial charge on any atom is 0.254 e. The van der Waals surface area contributed by atoms with Gasteiger partial charge in [-0.05, 0) is 32.3 Å². The molecule has 1 fully saturated rings. The first kappa shape index (κ1) is 17.4. The Kier molecular flexibility index (Phi) is 4.49. The van der Waals surface area contributed by atoms with Gasteiger partial charge in [0, 0.05) is 24.8 Å². The van der Waals surface area contributed by atoms with Gasteiger partial charge in [0.15, 0.2) is 5.65 Å². The predicted octanol–water partition coefficient (Wildman–Crippen LogP) is 2.08. The minimum atomic E-state index is -0.342. The third-order valence-corrected chi connectivity index (χ3v) is 4.78. The van der Waals surface area contributed by atoms with E-state index in [1.807, 2.05) is 24.6 Å². The summed E-state index contributed by atoms with van der Waals surface area (Å²) in [7, 11) is 0. The molecule has 3 rings (SSSR count). The van der Waals surface area contributed by atoms with E-state index in [4.69, 9.17) is 10.7 Å². The van der Waals surface area contributed by atoms with Crippen molar-refractivity contribution in [2.75, 3.05) is 13.1 Å². The first-order valence-electron chi connectivity index (χ1n) is 8.76. The van der Waals surface area contributed by atoms with E-state index >= 15 is 0 Å². The fraction of sp³-hybridized carbons (Fsp3) is 0.556. The van der Waals surface area contributed by atoms with Crippen LogP contribution in [0, 0.1) is 5.92 Å². The molecule has 1 atom stereocenters. The molecule has 7 nitrogen and oxygen atoms in total. The molecule has 0 bridgehead atoms. The third-order valence-electron chi connectivity index (χ3n) is 4.78. The van der Waals surface area contributed by atoms with Gasteiger partial charge >= 0.3 is 0 Å². The quantitative estimate of drug-likeness (QED) is 0.919. The Labute approximate surface area is 147 Å². The number of hydrogen-bond donors (Lipinski definition) is 1. The molecule has 2 N–H and O–H groups in total. The van der Waals surface area contributed by atoms with Crippen LogP contribution in [0.5, 0.6) is 0 Å². The van der Waals surface area contributed by atoms with Crippen LogP contribution in [-0.4, -0.2) is 44.6 Å². The molecule has 0 spiro atoms. The summed E-state index contributed by atoms with van der Waals surface area (Å²) >= 11 is 0. The van der Waals surface area contributed by atoms with Crippen LogP contribution in [0.15, 0.2) is 12.3 Å². The summed E-state index contributed by atoms with van der Waals surface area (Å²) < 4.78 is 1.84. The van der Waals surface area contributed by atoms with Gasteiger partial charge in [-0.25, -0.2) is 9.67 Å². The number of nitrogens with zero attached hydrogens (tertiary/aromatic N) is 4. The maximum absolute atomic E-state index is 13.1. The second-order valence-electron chi connectivity index (χ2n) is 7.31. The molecular weight excluding hydrogens is 318 g/mol. The van der Waals surface area contributed by atoms with Crippen LogP contribution in [0.4, 0.5) is 0 Å². The molecule has 0 saturated carbocycles. The largest absolute Gasteiger partial charge is 0.369 e. The van der Waals surface area contributed by atoms with Gasteiger partial charge in [-0.15, -0.1) is 0 Å². The molecule has 7 heteroatoms. The molecule has 1 unspecified atom stereocenters. The van der Waals surface area contributed by atoms with Crippen molar-refractivity contribution in [1.82, 2.24) is 19.7 Å². The summed E-state index contributed by atoms with van der Waals surface area (Å²) in [6.07, 6.45) is 2.33. The van der Waals surface area contributed by atoms with E-state index in [1.165, 1.54) is 0 Å². The van der Waals surface area contributed by atoms with Crippen LogP contribution >= 0.6 is 0 Å². The van der Waals surface area contributed by atoms with E-state index < -0.39 is 0 Å². The number of primary amides is 1. The lowest BCUT2D eigenvalue weighted by Gasteiger charge is -2.18. The minimum absolute atomic E-state index is 0.0821.